The zero-order valence-electron chi connectivity index (χ0n) is 21.5. The summed E-state index contributed by atoms with van der Waals surface area (Å²) in [6.07, 6.45) is 2.92. The topological polar surface area (TPSA) is 44.8 Å². The van der Waals surface area contributed by atoms with E-state index < -0.39 is 0 Å². The molecule has 1 N–H and O–H groups in total. The number of carbonyl (C=O) groups excluding carboxylic acids is 1. The van der Waals surface area contributed by atoms with Crippen LogP contribution in [0.25, 0.3) is 11.1 Å². The van der Waals surface area contributed by atoms with Crippen LogP contribution in [0.4, 0.5) is 4.79 Å². The predicted octanol–water partition coefficient (Wildman–Crippen LogP) is 5.78. The van der Waals surface area contributed by atoms with Gasteiger partial charge < -0.3 is 19.9 Å². The highest BCUT2D eigenvalue weighted by Crippen LogP contribution is 2.35. The summed E-state index contributed by atoms with van der Waals surface area (Å²) in [5.41, 5.74) is 5.84. The molecule has 4 rings (SSSR count). The first kappa shape index (κ1) is 25.5. The molecule has 1 aliphatic heterocycles. The van der Waals surface area contributed by atoms with E-state index >= 15 is 0 Å². The van der Waals surface area contributed by atoms with Crippen molar-refractivity contribution in [2.45, 2.75) is 19.3 Å². The van der Waals surface area contributed by atoms with Gasteiger partial charge in [0.1, 0.15) is 12.4 Å². The van der Waals surface area contributed by atoms with Crippen LogP contribution in [0.5, 0.6) is 5.75 Å². The molecule has 0 spiro atoms. The first-order chi connectivity index (χ1) is 17.6. The molecule has 0 bridgehead atoms. The van der Waals surface area contributed by atoms with Crippen LogP contribution in [0.2, 0.25) is 0 Å². The summed E-state index contributed by atoms with van der Waals surface area (Å²) < 4.78 is 5.93. The van der Waals surface area contributed by atoms with E-state index in [1.165, 1.54) is 11.1 Å². The Balaban J connectivity index is 1.65. The highest BCUT2D eigenvalue weighted by molar-refractivity contribution is 5.98. The number of likely N-dealkylation sites (tertiary alicyclic amines) is 1. The second-order valence-electron chi connectivity index (χ2n) is 9.44. The Kier molecular flexibility index (Phi) is 9.17. The van der Waals surface area contributed by atoms with Gasteiger partial charge in [-0.05, 0) is 73.3 Å². The normalized spacial score (nSPS) is 14.0. The van der Waals surface area contributed by atoms with Crippen molar-refractivity contribution in [1.29, 1.82) is 0 Å². The highest BCUT2D eigenvalue weighted by Gasteiger charge is 2.18. The van der Waals surface area contributed by atoms with E-state index in [1.54, 1.807) is 0 Å². The van der Waals surface area contributed by atoms with Crippen molar-refractivity contribution >= 4 is 17.2 Å². The summed E-state index contributed by atoms with van der Waals surface area (Å²) in [4.78, 5) is 16.6. The lowest BCUT2D eigenvalue weighted by molar-refractivity contribution is 0.209. The number of nitrogens with one attached hydrogen (secondary N) is 1. The molecule has 36 heavy (non-hydrogen) atoms. The molecule has 1 saturated heterocycles. The molecule has 3 aromatic rings. The molecule has 2 amide bonds. The molecule has 188 valence electrons. The Morgan fingerprint density at radius 3 is 2.03 bits per heavy atom. The van der Waals surface area contributed by atoms with Gasteiger partial charge in [-0.25, -0.2) is 4.79 Å². The summed E-state index contributed by atoms with van der Waals surface area (Å²) in [5.74, 6) is 0.868. The number of carbonyl (C=O) groups is 1. The maximum absolute atomic E-state index is 12.6. The van der Waals surface area contributed by atoms with E-state index in [-0.39, 0.29) is 6.03 Å². The van der Waals surface area contributed by atoms with E-state index in [0.717, 1.165) is 61.3 Å². The lowest BCUT2D eigenvalue weighted by Crippen LogP contribution is -2.38. The van der Waals surface area contributed by atoms with E-state index in [1.807, 2.05) is 43.3 Å². The molecule has 3 aromatic carbocycles. The standard InChI is InChI=1S/C31H37N3O2/c1-33(2)23-24-36-28-17-15-27(16-18-28)30(26-13-7-4-8-14-26)29(25-11-5-3-6-12-25)19-20-32-31(35)34-21-9-10-22-34/h3-8,11-18H,9-10,19-24H2,1-2H3,(H,32,35)/b30-29-. The fourth-order valence-corrected chi connectivity index (χ4v) is 4.56. The van der Waals surface area contributed by atoms with Crippen molar-refractivity contribution in [3.63, 3.8) is 0 Å². The van der Waals surface area contributed by atoms with Gasteiger partial charge in [0.25, 0.3) is 0 Å². The molecule has 5 heteroatoms. The van der Waals surface area contributed by atoms with Crippen LogP contribution in [-0.4, -0.2) is 62.7 Å². The third kappa shape index (κ3) is 6.98. The van der Waals surface area contributed by atoms with Gasteiger partial charge in [-0.3, -0.25) is 0 Å². The Morgan fingerprint density at radius 2 is 1.42 bits per heavy atom. The number of rotatable bonds is 10. The van der Waals surface area contributed by atoms with Gasteiger partial charge >= 0.3 is 6.03 Å². The van der Waals surface area contributed by atoms with Crippen LogP contribution in [0, 0.1) is 0 Å². The van der Waals surface area contributed by atoms with Crippen molar-refractivity contribution in [2.75, 3.05) is 46.9 Å². The second-order valence-corrected chi connectivity index (χ2v) is 9.44. The minimum absolute atomic E-state index is 0.0420. The molecule has 0 aliphatic carbocycles. The molecule has 0 unspecified atom stereocenters. The number of ether oxygens (including phenoxy) is 1. The fraction of sp³-hybridized carbons (Fsp3) is 0.323. The van der Waals surface area contributed by atoms with E-state index in [2.05, 4.69) is 70.9 Å². The SMILES string of the molecule is CN(C)CCOc1ccc(/C(=C(/CCNC(=O)N2CCCC2)c2ccccc2)c2ccccc2)cc1. The van der Waals surface area contributed by atoms with Gasteiger partial charge in [-0.15, -0.1) is 0 Å². The summed E-state index contributed by atoms with van der Waals surface area (Å²) >= 11 is 0. The molecule has 1 fully saturated rings. The monoisotopic (exact) mass is 483 g/mol. The number of urea groups is 1. The van der Waals surface area contributed by atoms with E-state index in [0.29, 0.717) is 13.2 Å². The first-order valence-corrected chi connectivity index (χ1v) is 12.9. The maximum Gasteiger partial charge on any atom is 0.317 e. The summed E-state index contributed by atoms with van der Waals surface area (Å²) in [7, 11) is 4.09. The van der Waals surface area contributed by atoms with Crippen LogP contribution in [-0.2, 0) is 0 Å². The highest BCUT2D eigenvalue weighted by atomic mass is 16.5. The molecule has 5 nitrogen and oxygen atoms in total. The van der Waals surface area contributed by atoms with Crippen molar-refractivity contribution in [3.05, 3.63) is 102 Å². The Hall–Kier alpha value is -3.57. The zero-order chi connectivity index (χ0) is 25.2. The van der Waals surface area contributed by atoms with Crippen molar-refractivity contribution in [2.24, 2.45) is 0 Å². The molecular formula is C31H37N3O2. The molecule has 0 saturated carbocycles. The first-order valence-electron chi connectivity index (χ1n) is 12.9. The van der Waals surface area contributed by atoms with Crippen molar-refractivity contribution in [1.82, 2.24) is 15.1 Å². The van der Waals surface area contributed by atoms with Crippen LogP contribution in [0.15, 0.2) is 84.9 Å². The second kappa shape index (κ2) is 12.9. The van der Waals surface area contributed by atoms with Gasteiger partial charge in [0.15, 0.2) is 0 Å². The summed E-state index contributed by atoms with van der Waals surface area (Å²) in [5, 5.41) is 3.15. The fourth-order valence-electron chi connectivity index (χ4n) is 4.56. The lowest BCUT2D eigenvalue weighted by atomic mass is 9.88. The van der Waals surface area contributed by atoms with Crippen molar-refractivity contribution in [3.8, 4) is 5.75 Å². The Labute approximate surface area is 215 Å². The zero-order valence-corrected chi connectivity index (χ0v) is 21.5. The van der Waals surface area contributed by atoms with Gasteiger partial charge in [-0.2, -0.15) is 0 Å². The van der Waals surface area contributed by atoms with Crippen LogP contribution >= 0.6 is 0 Å². The largest absolute Gasteiger partial charge is 0.492 e. The minimum atomic E-state index is 0.0420. The van der Waals surface area contributed by atoms with Gasteiger partial charge in [-0.1, -0.05) is 72.8 Å². The molecule has 0 aromatic heterocycles. The van der Waals surface area contributed by atoms with Crippen LogP contribution < -0.4 is 10.1 Å². The van der Waals surface area contributed by atoms with E-state index in [4.69, 9.17) is 4.74 Å². The molecular weight excluding hydrogens is 446 g/mol. The maximum atomic E-state index is 12.6. The predicted molar refractivity (Wildman–Crippen MR) is 148 cm³/mol. The lowest BCUT2D eigenvalue weighted by Gasteiger charge is -2.20. The van der Waals surface area contributed by atoms with Gasteiger partial charge in [0.05, 0.1) is 0 Å². The molecule has 1 heterocycles. The van der Waals surface area contributed by atoms with Crippen molar-refractivity contribution < 1.29 is 9.53 Å². The third-order valence-electron chi connectivity index (χ3n) is 6.48. The number of nitrogens with zero attached hydrogens (tertiary/aromatic N) is 2. The third-order valence-corrected chi connectivity index (χ3v) is 6.48. The van der Waals surface area contributed by atoms with Crippen LogP contribution in [0.1, 0.15) is 36.0 Å². The number of benzene rings is 3. The molecule has 0 atom stereocenters. The van der Waals surface area contributed by atoms with E-state index in [9.17, 15) is 4.79 Å². The smallest absolute Gasteiger partial charge is 0.317 e. The van der Waals surface area contributed by atoms with Crippen LogP contribution in [0.3, 0.4) is 0 Å². The van der Waals surface area contributed by atoms with Gasteiger partial charge in [0, 0.05) is 26.2 Å². The average molecular weight is 484 g/mol. The number of likely N-dealkylation sites (N-methyl/N-ethyl adjacent to an activating group) is 1. The number of hydrogen-bond donors (Lipinski definition) is 1. The summed E-state index contributed by atoms with van der Waals surface area (Å²) in [6, 6.07) is 29.4. The molecule has 1 aliphatic rings. The quantitative estimate of drug-likeness (QED) is 0.372. The average Bonchev–Trinajstić information content (AvgIpc) is 3.45. The number of amides is 2. The minimum Gasteiger partial charge on any atom is -0.492 e. The summed E-state index contributed by atoms with van der Waals surface area (Å²) in [6.45, 7) is 3.82. The molecule has 0 radical (unpaired) electrons. The Bertz CT molecular complexity index is 1120. The number of hydrogen-bond acceptors (Lipinski definition) is 3. The van der Waals surface area contributed by atoms with Gasteiger partial charge in [0.2, 0.25) is 0 Å². The Morgan fingerprint density at radius 1 is 0.833 bits per heavy atom.